The minimum absolute atomic E-state index is 0.0346. The molecule has 1 fully saturated rings. The van der Waals surface area contributed by atoms with E-state index >= 15 is 0 Å². The van der Waals surface area contributed by atoms with Crippen LogP contribution in [0.1, 0.15) is 79.1 Å². The first-order chi connectivity index (χ1) is 20.9. The minimum atomic E-state index is -3.47. The van der Waals surface area contributed by atoms with Gasteiger partial charge in [0.1, 0.15) is 5.78 Å². The summed E-state index contributed by atoms with van der Waals surface area (Å²) in [6.45, 7) is 8.15. The summed E-state index contributed by atoms with van der Waals surface area (Å²) in [4.78, 5) is 38.1. The number of hydrogen-bond donors (Lipinski definition) is 1. The van der Waals surface area contributed by atoms with Gasteiger partial charge in [0.25, 0.3) is 14.2 Å². The number of methoxy groups -OCH3 is 1. The molecule has 3 rings (SSSR count). The van der Waals surface area contributed by atoms with Gasteiger partial charge in [-0.3, -0.25) is 9.59 Å². The smallest absolute Gasteiger partial charge is 0.305 e. The van der Waals surface area contributed by atoms with Crippen LogP contribution in [-0.4, -0.2) is 37.9 Å². The molecule has 4 nitrogen and oxygen atoms in total. The van der Waals surface area contributed by atoms with E-state index in [9.17, 15) is 23.2 Å². The molecule has 1 N–H and O–H groups in total. The summed E-state index contributed by atoms with van der Waals surface area (Å²) in [5.41, 5.74) is 0. The van der Waals surface area contributed by atoms with Crippen LogP contribution < -0.4 is 10.4 Å². The number of benzene rings is 2. The molecule has 1 unspecified atom stereocenters. The number of rotatable bonds is 16. The fraction of sp³-hybridized carbons (Fsp3) is 0.514. The number of allylic oxidation sites excluding steroid dienone is 4. The van der Waals surface area contributed by atoms with Gasteiger partial charge in [0.05, 0.1) is 7.11 Å². The van der Waals surface area contributed by atoms with Gasteiger partial charge in [0.15, 0.2) is 0 Å². The van der Waals surface area contributed by atoms with Crippen molar-refractivity contribution in [2.75, 3.05) is 7.11 Å². The molecule has 0 heterocycles. The molecule has 0 amide bonds. The van der Waals surface area contributed by atoms with Gasteiger partial charge in [0, 0.05) is 25.2 Å². The van der Waals surface area contributed by atoms with Crippen LogP contribution in [0.3, 0.4) is 0 Å². The highest BCUT2D eigenvalue weighted by atomic mass is 28.4. The van der Waals surface area contributed by atoms with E-state index in [1.165, 1.54) is 13.2 Å². The Morgan fingerprint density at radius 2 is 1.64 bits per heavy atom. The van der Waals surface area contributed by atoms with Crippen molar-refractivity contribution in [1.29, 1.82) is 0 Å². The maximum Gasteiger partial charge on any atom is 0.305 e. The van der Waals surface area contributed by atoms with E-state index in [0.29, 0.717) is 25.7 Å². The number of esters is 1. The normalized spacial score (nSPS) is 20.5. The molecule has 0 saturated heterocycles. The number of carbonyl (C=O) groups is 2. The number of Topliss-reactive ketones (excluding diaryl/α,β-unsaturated/α-hetero) is 1. The monoisotopic (exact) mass is 624 g/mol. The number of ketones is 1. The van der Waals surface area contributed by atoms with Crippen LogP contribution in [0.2, 0.25) is 5.04 Å². The summed E-state index contributed by atoms with van der Waals surface area (Å²) in [5, 5.41) is 1.05. The molecular weight excluding hydrogens is 574 g/mol. The molecule has 2 aromatic rings. The molecule has 0 aromatic heterocycles. The molecule has 0 spiro atoms. The quantitative estimate of drug-likeness (QED) is 0.0902. The lowest BCUT2D eigenvalue weighted by Crippen LogP contribution is -2.67. The lowest BCUT2D eigenvalue weighted by atomic mass is 9.75. The molecule has 1 saturated carbocycles. The van der Waals surface area contributed by atoms with Gasteiger partial charge in [-0.15, -0.1) is 0 Å². The van der Waals surface area contributed by atoms with Crippen molar-refractivity contribution in [3.05, 3.63) is 85.0 Å². The van der Waals surface area contributed by atoms with E-state index in [4.69, 9.17) is 4.74 Å². The van der Waals surface area contributed by atoms with Crippen LogP contribution >= 0.6 is 0 Å². The average molecular weight is 625 g/mol. The van der Waals surface area contributed by atoms with Gasteiger partial charge in [-0.1, -0.05) is 119 Å². The third-order valence-electron chi connectivity index (χ3n) is 9.64. The van der Waals surface area contributed by atoms with Crippen LogP contribution in [0, 0.1) is 23.7 Å². The fourth-order valence-corrected chi connectivity index (χ4v) is 10.9. The first kappa shape index (κ1) is 35.6. The van der Waals surface area contributed by atoms with Crippen molar-refractivity contribution >= 4 is 30.4 Å². The van der Waals surface area contributed by atoms with Crippen molar-refractivity contribution in [2.24, 2.45) is 23.7 Å². The standard InChI is InChI=1S/C37H50F2O4Si/c1-6-7-17-25-37(38,39)26-24-31-28(2)32(27-34(31)40)33(22-15-10-16-23-35(41)43-5)36(3,4)44(42,29-18-11-8-12-19-29)30-20-13-9-14-21-30/h8-9,11-15,18-22,24,26,28,31-33,42H,6-7,10,16-17,23,25,27H2,1-5H3/b22-15-,26-24+/t28-,31-,32+,33?/m1/s1. The Morgan fingerprint density at radius 1 is 1.05 bits per heavy atom. The Labute approximate surface area is 263 Å². The summed E-state index contributed by atoms with van der Waals surface area (Å²) < 4.78 is 34.1. The zero-order chi connectivity index (χ0) is 32.4. The Morgan fingerprint density at radius 3 is 2.18 bits per heavy atom. The van der Waals surface area contributed by atoms with Crippen molar-refractivity contribution in [1.82, 2.24) is 0 Å². The minimum Gasteiger partial charge on any atom is -0.469 e. The maximum atomic E-state index is 14.7. The van der Waals surface area contributed by atoms with Crippen molar-refractivity contribution in [2.45, 2.75) is 90.0 Å². The van der Waals surface area contributed by atoms with Gasteiger partial charge in [-0.05, 0) is 58.5 Å². The van der Waals surface area contributed by atoms with Crippen LogP contribution in [-0.2, 0) is 14.3 Å². The van der Waals surface area contributed by atoms with E-state index in [0.717, 1.165) is 29.3 Å². The lowest BCUT2D eigenvalue weighted by molar-refractivity contribution is -0.140. The molecule has 1 aliphatic rings. The second-order valence-corrected chi connectivity index (χ2v) is 16.7. The molecular formula is C37H50F2O4Si. The van der Waals surface area contributed by atoms with Crippen LogP contribution in [0.5, 0.6) is 0 Å². The second kappa shape index (κ2) is 15.9. The van der Waals surface area contributed by atoms with E-state index in [2.05, 4.69) is 19.9 Å². The topological polar surface area (TPSA) is 63.6 Å². The van der Waals surface area contributed by atoms with Gasteiger partial charge in [-0.2, -0.15) is 0 Å². The van der Waals surface area contributed by atoms with Gasteiger partial charge in [0.2, 0.25) is 0 Å². The molecule has 240 valence electrons. The number of alkyl halides is 2. The van der Waals surface area contributed by atoms with E-state index in [-0.39, 0.29) is 42.3 Å². The van der Waals surface area contributed by atoms with Gasteiger partial charge < -0.3 is 9.53 Å². The Hall–Kier alpha value is -2.90. The predicted molar refractivity (Wildman–Crippen MR) is 177 cm³/mol. The molecule has 1 aliphatic carbocycles. The molecule has 7 heteroatoms. The van der Waals surface area contributed by atoms with Crippen molar-refractivity contribution in [3.63, 3.8) is 0 Å². The predicted octanol–water partition coefficient (Wildman–Crippen LogP) is 7.65. The largest absolute Gasteiger partial charge is 0.469 e. The summed E-state index contributed by atoms with van der Waals surface area (Å²) in [6, 6.07) is 19.5. The zero-order valence-corrected chi connectivity index (χ0v) is 28.0. The van der Waals surface area contributed by atoms with Crippen LogP contribution in [0.15, 0.2) is 85.0 Å². The third kappa shape index (κ3) is 8.42. The van der Waals surface area contributed by atoms with Gasteiger partial charge >= 0.3 is 5.97 Å². The number of carbonyl (C=O) groups excluding carboxylic acids is 2. The zero-order valence-electron chi connectivity index (χ0n) is 27.0. The highest BCUT2D eigenvalue weighted by molar-refractivity contribution is 6.98. The molecule has 2 aromatic carbocycles. The fourth-order valence-electron chi connectivity index (χ4n) is 6.93. The van der Waals surface area contributed by atoms with Gasteiger partial charge in [-0.25, -0.2) is 8.78 Å². The van der Waals surface area contributed by atoms with Crippen molar-refractivity contribution < 1.29 is 27.9 Å². The number of ether oxygens (including phenoxy) is 1. The van der Waals surface area contributed by atoms with Crippen LogP contribution in [0.25, 0.3) is 0 Å². The number of hydrogen-bond acceptors (Lipinski definition) is 4. The number of halogens is 2. The Bertz CT molecular complexity index is 1220. The first-order valence-electron chi connectivity index (χ1n) is 16.1. The third-order valence-corrected chi connectivity index (χ3v) is 14.2. The summed E-state index contributed by atoms with van der Waals surface area (Å²) in [5.74, 6) is -4.44. The Balaban J connectivity index is 2.03. The molecule has 0 radical (unpaired) electrons. The summed E-state index contributed by atoms with van der Waals surface area (Å²) in [6.07, 6.45) is 10.2. The Kier molecular flexibility index (Phi) is 12.9. The molecule has 44 heavy (non-hydrogen) atoms. The summed E-state index contributed by atoms with van der Waals surface area (Å²) in [7, 11) is -2.09. The van der Waals surface area contributed by atoms with E-state index < -0.39 is 25.2 Å². The van der Waals surface area contributed by atoms with Crippen LogP contribution in [0.4, 0.5) is 8.78 Å². The summed E-state index contributed by atoms with van der Waals surface area (Å²) >= 11 is 0. The molecule has 4 atom stereocenters. The lowest BCUT2D eigenvalue weighted by Gasteiger charge is -2.48. The highest BCUT2D eigenvalue weighted by Gasteiger charge is 2.57. The molecule has 0 bridgehead atoms. The average Bonchev–Trinajstić information content (AvgIpc) is 3.29. The van der Waals surface area contributed by atoms with E-state index in [1.807, 2.05) is 80.6 Å². The highest BCUT2D eigenvalue weighted by Crippen LogP contribution is 2.53. The SMILES string of the molecule is CCCCCC(F)(F)/C=C/[C@H]1C(=O)C[C@H](C(/C=C\CCCC(=O)OC)C(C)(C)[Si](O)(c2ccccc2)c2ccccc2)[C@@H]1C. The van der Waals surface area contributed by atoms with E-state index in [1.54, 1.807) is 0 Å². The molecule has 0 aliphatic heterocycles. The number of unbranched alkanes of at least 4 members (excludes halogenated alkanes) is 3. The van der Waals surface area contributed by atoms with Crippen molar-refractivity contribution in [3.8, 4) is 0 Å². The first-order valence-corrected chi connectivity index (χ1v) is 18.0. The second-order valence-electron chi connectivity index (χ2n) is 12.9. The maximum absolute atomic E-state index is 14.7.